The van der Waals surface area contributed by atoms with Crippen molar-refractivity contribution in [1.29, 1.82) is 0 Å². The molecule has 0 atom stereocenters. The standard InChI is InChI=1S/C23H26N4O3/c1-26-10-17(15-5-6-25-9-16(15)21(26)28)14-7-19(29-3)18(20(8-14)30-4)11-27(2)23-12-22(23,24)13-23/h5-10H,11-13,24H2,1-4H3. The molecule has 7 nitrogen and oxygen atoms in total. The highest BCUT2D eigenvalue weighted by molar-refractivity contribution is 5.95. The third-order valence-electron chi connectivity index (χ3n) is 6.92. The van der Waals surface area contributed by atoms with Crippen LogP contribution < -0.4 is 20.8 Å². The van der Waals surface area contributed by atoms with E-state index in [0.29, 0.717) is 11.9 Å². The second kappa shape index (κ2) is 6.30. The molecule has 0 saturated heterocycles. The molecule has 2 fully saturated rings. The summed E-state index contributed by atoms with van der Waals surface area (Å²) in [5.41, 5.74) is 9.23. The fourth-order valence-electron chi connectivity index (χ4n) is 4.78. The van der Waals surface area contributed by atoms with Crippen LogP contribution in [-0.2, 0) is 13.6 Å². The molecule has 30 heavy (non-hydrogen) atoms. The molecule has 0 bridgehead atoms. The summed E-state index contributed by atoms with van der Waals surface area (Å²) < 4.78 is 13.1. The summed E-state index contributed by atoms with van der Waals surface area (Å²) in [7, 11) is 7.21. The Balaban J connectivity index is 1.62. The Hall–Kier alpha value is -2.90. The minimum absolute atomic E-state index is 0.00391. The Labute approximate surface area is 175 Å². The number of nitrogens with two attached hydrogens (primary N) is 1. The first-order chi connectivity index (χ1) is 14.3. The Morgan fingerprint density at radius 2 is 1.83 bits per heavy atom. The predicted octanol–water partition coefficient (Wildman–Crippen LogP) is 2.29. The number of methoxy groups -OCH3 is 2. The molecule has 3 aromatic rings. The summed E-state index contributed by atoms with van der Waals surface area (Å²) in [6, 6.07) is 5.89. The smallest absolute Gasteiger partial charge is 0.259 e. The van der Waals surface area contributed by atoms with Crippen molar-refractivity contribution in [3.05, 3.63) is 52.7 Å². The largest absolute Gasteiger partial charge is 0.496 e. The number of ether oxygens (including phenoxy) is 2. The third-order valence-corrected chi connectivity index (χ3v) is 6.92. The fraction of sp³-hybridized carbons (Fsp3) is 0.391. The van der Waals surface area contributed by atoms with E-state index in [2.05, 4.69) is 16.9 Å². The van der Waals surface area contributed by atoms with Crippen LogP contribution in [0, 0.1) is 0 Å². The van der Waals surface area contributed by atoms with Gasteiger partial charge in [-0.05, 0) is 49.0 Å². The summed E-state index contributed by atoms with van der Waals surface area (Å²) in [5, 5.41) is 1.44. The van der Waals surface area contributed by atoms with E-state index in [0.717, 1.165) is 46.4 Å². The van der Waals surface area contributed by atoms with Crippen LogP contribution in [0.25, 0.3) is 21.9 Å². The topological polar surface area (TPSA) is 82.6 Å². The monoisotopic (exact) mass is 406 g/mol. The van der Waals surface area contributed by atoms with Crippen LogP contribution in [0.5, 0.6) is 11.5 Å². The Morgan fingerprint density at radius 3 is 2.40 bits per heavy atom. The van der Waals surface area contributed by atoms with Crippen LogP contribution in [0.15, 0.2) is 41.6 Å². The quantitative estimate of drug-likeness (QED) is 0.676. The van der Waals surface area contributed by atoms with Crippen molar-refractivity contribution in [1.82, 2.24) is 14.5 Å². The molecule has 2 aliphatic carbocycles. The summed E-state index contributed by atoms with van der Waals surface area (Å²) in [6.07, 6.45) is 7.27. The van der Waals surface area contributed by atoms with Gasteiger partial charge in [0.05, 0.1) is 25.2 Å². The summed E-state index contributed by atoms with van der Waals surface area (Å²) >= 11 is 0. The predicted molar refractivity (Wildman–Crippen MR) is 116 cm³/mol. The number of fused-ring (bicyclic) bond motifs is 2. The molecule has 156 valence electrons. The maximum atomic E-state index is 12.5. The number of aryl methyl sites for hydroxylation is 1. The number of hydrogen-bond donors (Lipinski definition) is 1. The summed E-state index contributed by atoms with van der Waals surface area (Å²) in [4.78, 5) is 19.0. The van der Waals surface area contributed by atoms with Crippen molar-refractivity contribution >= 4 is 10.8 Å². The van der Waals surface area contributed by atoms with E-state index >= 15 is 0 Å². The number of rotatable bonds is 6. The molecule has 5 rings (SSSR count). The van der Waals surface area contributed by atoms with E-state index in [1.54, 1.807) is 38.2 Å². The molecule has 0 aliphatic heterocycles. The van der Waals surface area contributed by atoms with E-state index < -0.39 is 0 Å². The lowest BCUT2D eigenvalue weighted by Gasteiger charge is -2.23. The third kappa shape index (κ3) is 2.58. The van der Waals surface area contributed by atoms with Gasteiger partial charge >= 0.3 is 0 Å². The van der Waals surface area contributed by atoms with Crippen molar-refractivity contribution in [3.8, 4) is 22.6 Å². The Bertz CT molecular complexity index is 1200. The van der Waals surface area contributed by atoms with E-state index in [9.17, 15) is 4.79 Å². The Kier molecular flexibility index (Phi) is 4.01. The molecule has 2 N–H and O–H groups in total. The van der Waals surface area contributed by atoms with Crippen LogP contribution in [0.4, 0.5) is 0 Å². The summed E-state index contributed by atoms with van der Waals surface area (Å²) in [5.74, 6) is 1.51. The minimum atomic E-state index is -0.0718. The van der Waals surface area contributed by atoms with E-state index in [1.807, 2.05) is 24.4 Å². The van der Waals surface area contributed by atoms with Crippen LogP contribution in [0.3, 0.4) is 0 Å². The minimum Gasteiger partial charge on any atom is -0.496 e. The molecule has 2 aromatic heterocycles. The first kappa shape index (κ1) is 19.1. The second-order valence-electron chi connectivity index (χ2n) is 8.64. The normalized spacial score (nSPS) is 24.1. The molecule has 2 heterocycles. The number of hydrogen-bond acceptors (Lipinski definition) is 6. The number of benzene rings is 1. The summed E-state index contributed by atoms with van der Waals surface area (Å²) in [6.45, 7) is 0.698. The van der Waals surface area contributed by atoms with Gasteiger partial charge in [0.2, 0.25) is 0 Å². The van der Waals surface area contributed by atoms with Crippen molar-refractivity contribution in [2.24, 2.45) is 12.8 Å². The molecule has 2 aliphatic rings. The van der Waals surface area contributed by atoms with E-state index in [4.69, 9.17) is 15.2 Å². The lowest BCUT2D eigenvalue weighted by atomic mass is 9.99. The van der Waals surface area contributed by atoms with Crippen LogP contribution in [0.1, 0.15) is 18.4 Å². The maximum absolute atomic E-state index is 12.5. The number of likely N-dealkylation sites (N-methyl/N-ethyl adjacent to an activating group) is 1. The maximum Gasteiger partial charge on any atom is 0.259 e. The highest BCUT2D eigenvalue weighted by Gasteiger charge is 2.83. The average molecular weight is 406 g/mol. The van der Waals surface area contributed by atoms with Crippen molar-refractivity contribution < 1.29 is 9.47 Å². The zero-order valence-corrected chi connectivity index (χ0v) is 17.7. The van der Waals surface area contributed by atoms with Crippen LogP contribution in [-0.4, -0.2) is 46.8 Å². The molecular weight excluding hydrogens is 380 g/mol. The van der Waals surface area contributed by atoms with Gasteiger partial charge in [-0.2, -0.15) is 0 Å². The molecule has 2 saturated carbocycles. The van der Waals surface area contributed by atoms with Gasteiger partial charge in [-0.1, -0.05) is 0 Å². The van der Waals surface area contributed by atoms with Gasteiger partial charge in [-0.15, -0.1) is 0 Å². The molecule has 1 aromatic carbocycles. The van der Waals surface area contributed by atoms with Crippen LogP contribution in [0.2, 0.25) is 0 Å². The number of pyridine rings is 2. The van der Waals surface area contributed by atoms with Crippen molar-refractivity contribution in [2.45, 2.75) is 30.5 Å². The second-order valence-corrected chi connectivity index (χ2v) is 8.64. The molecular formula is C23H26N4O3. The van der Waals surface area contributed by atoms with Crippen molar-refractivity contribution in [2.75, 3.05) is 21.3 Å². The van der Waals surface area contributed by atoms with Gasteiger partial charge in [0, 0.05) is 48.8 Å². The molecule has 7 heteroatoms. The van der Waals surface area contributed by atoms with Gasteiger partial charge in [-0.3, -0.25) is 14.7 Å². The van der Waals surface area contributed by atoms with Gasteiger partial charge in [0.15, 0.2) is 0 Å². The Morgan fingerprint density at radius 1 is 1.20 bits per heavy atom. The van der Waals surface area contributed by atoms with Gasteiger partial charge in [0.25, 0.3) is 5.56 Å². The molecule has 0 unspecified atom stereocenters. The first-order valence-corrected chi connectivity index (χ1v) is 10.0. The van der Waals surface area contributed by atoms with Gasteiger partial charge in [-0.25, -0.2) is 0 Å². The highest BCUT2D eigenvalue weighted by Crippen LogP contribution is 2.72. The molecule has 0 amide bonds. The first-order valence-electron chi connectivity index (χ1n) is 10.0. The SMILES string of the molecule is COc1cc(-c2cn(C)c(=O)c3cnccc23)cc(OC)c1CN(C)C12CC1(N)C2. The zero-order valence-electron chi connectivity index (χ0n) is 17.7. The van der Waals surface area contributed by atoms with Gasteiger partial charge in [0.1, 0.15) is 11.5 Å². The average Bonchev–Trinajstić information content (AvgIpc) is 3.56. The lowest BCUT2D eigenvalue weighted by Crippen LogP contribution is -2.27. The molecule has 0 radical (unpaired) electrons. The number of aromatic nitrogens is 2. The van der Waals surface area contributed by atoms with Gasteiger partial charge < -0.3 is 19.8 Å². The number of nitrogens with zero attached hydrogens (tertiary/aromatic N) is 3. The lowest BCUT2D eigenvalue weighted by molar-refractivity contribution is 0.254. The highest BCUT2D eigenvalue weighted by atomic mass is 16.5. The van der Waals surface area contributed by atoms with Crippen molar-refractivity contribution in [3.63, 3.8) is 0 Å². The van der Waals surface area contributed by atoms with E-state index in [-0.39, 0.29) is 16.6 Å². The zero-order chi connectivity index (χ0) is 21.3. The van der Waals surface area contributed by atoms with E-state index in [1.165, 1.54) is 0 Å². The van der Waals surface area contributed by atoms with Crippen LogP contribution >= 0.6 is 0 Å². The molecule has 0 spiro atoms. The fourth-order valence-corrected chi connectivity index (χ4v) is 4.78.